The van der Waals surface area contributed by atoms with Gasteiger partial charge in [0.2, 0.25) is 5.13 Å². The lowest BCUT2D eigenvalue weighted by atomic mass is 9.94. The predicted molar refractivity (Wildman–Crippen MR) is 184 cm³/mol. The molecule has 1 amide bonds. The number of fused-ring (bicyclic) bond motifs is 1. The van der Waals surface area contributed by atoms with Crippen LogP contribution in [0.15, 0.2) is 77.2 Å². The molecule has 2 aliphatic rings. The van der Waals surface area contributed by atoms with Gasteiger partial charge in [-0.15, -0.1) is 10.2 Å². The molecule has 1 aromatic heterocycles. The number of benzene rings is 3. The normalized spacial score (nSPS) is 18.3. The summed E-state index contributed by atoms with van der Waals surface area (Å²) in [7, 11) is 0. The van der Waals surface area contributed by atoms with E-state index in [9.17, 15) is 14.7 Å². The van der Waals surface area contributed by atoms with E-state index in [-0.39, 0.29) is 29.2 Å². The molecule has 2 atom stereocenters. The highest BCUT2D eigenvalue weighted by atomic mass is 35.5. The van der Waals surface area contributed by atoms with E-state index in [1.54, 1.807) is 54.6 Å². The summed E-state index contributed by atoms with van der Waals surface area (Å²) in [5.41, 5.74) is 2.58. The molecule has 242 valence electrons. The first-order chi connectivity index (χ1) is 22.7. The van der Waals surface area contributed by atoms with E-state index in [1.807, 2.05) is 19.9 Å². The van der Waals surface area contributed by atoms with Gasteiger partial charge in [0.05, 0.1) is 18.2 Å². The fraction of sp³-hybridized carbons (Fsp3) is 0.235. The number of Topliss-reactive ketones (excluding diaryl/α,β-unsaturated/α-hetero) is 1. The summed E-state index contributed by atoms with van der Waals surface area (Å²) in [6.45, 7) is 8.10. The number of nitrogens with zero attached hydrogens (tertiary/aromatic N) is 3. The zero-order valence-corrected chi connectivity index (χ0v) is 28.5. The Balaban J connectivity index is 1.42. The molecular formula is C34H29Cl2N3O6S2. The Labute approximate surface area is 289 Å². The second kappa shape index (κ2) is 14.0. The Morgan fingerprint density at radius 3 is 2.72 bits per heavy atom. The maximum Gasteiger partial charge on any atom is 0.301 e. The van der Waals surface area contributed by atoms with Gasteiger partial charge in [0.1, 0.15) is 24.2 Å². The van der Waals surface area contributed by atoms with E-state index in [2.05, 4.69) is 16.8 Å². The Morgan fingerprint density at radius 2 is 1.96 bits per heavy atom. The van der Waals surface area contributed by atoms with E-state index >= 15 is 0 Å². The molecule has 0 aliphatic carbocycles. The van der Waals surface area contributed by atoms with Gasteiger partial charge in [-0.1, -0.05) is 71.1 Å². The van der Waals surface area contributed by atoms with Gasteiger partial charge in [0.15, 0.2) is 15.8 Å². The average Bonchev–Trinajstić information content (AvgIpc) is 3.74. The molecule has 9 nitrogen and oxygen atoms in total. The molecule has 47 heavy (non-hydrogen) atoms. The number of anilines is 1. The number of rotatable bonds is 11. The third-order valence-electron chi connectivity index (χ3n) is 7.52. The van der Waals surface area contributed by atoms with Gasteiger partial charge in [0.25, 0.3) is 5.78 Å². The molecule has 4 aromatic rings. The zero-order valence-electron chi connectivity index (χ0n) is 25.4. The molecule has 0 saturated carbocycles. The molecule has 3 heterocycles. The molecule has 1 saturated heterocycles. The lowest BCUT2D eigenvalue weighted by molar-refractivity contribution is -0.132. The van der Waals surface area contributed by atoms with Crippen molar-refractivity contribution in [3.63, 3.8) is 0 Å². The van der Waals surface area contributed by atoms with Crippen LogP contribution in [-0.4, -0.2) is 46.3 Å². The largest absolute Gasteiger partial charge is 0.507 e. The molecule has 0 bridgehead atoms. The van der Waals surface area contributed by atoms with E-state index in [0.29, 0.717) is 55.8 Å². The van der Waals surface area contributed by atoms with Crippen molar-refractivity contribution in [2.75, 3.05) is 18.1 Å². The number of hydrogen-bond donors (Lipinski definition) is 1. The Hall–Kier alpha value is -4.03. The smallest absolute Gasteiger partial charge is 0.301 e. The van der Waals surface area contributed by atoms with Gasteiger partial charge >= 0.3 is 5.91 Å². The Morgan fingerprint density at radius 1 is 1.13 bits per heavy atom. The quantitative estimate of drug-likeness (QED) is 0.0413. The van der Waals surface area contributed by atoms with E-state index in [1.165, 1.54) is 16.7 Å². The van der Waals surface area contributed by atoms with Crippen molar-refractivity contribution in [1.82, 2.24) is 10.2 Å². The SMILES string of the molecule is C=CCOc1ccc([C@@H]2C(=C(O)c3ccc4c(c3)C[C@H](C)O4)C(=O)C(=O)N2c2nnc(SCc3ccc(Cl)cc3Cl)s2)cc1OCC. The van der Waals surface area contributed by atoms with Crippen molar-refractivity contribution in [3.05, 3.63) is 105 Å². The minimum absolute atomic E-state index is 0.00743. The molecule has 3 aromatic carbocycles. The van der Waals surface area contributed by atoms with Crippen LogP contribution in [0, 0.1) is 0 Å². The van der Waals surface area contributed by atoms with Gasteiger partial charge < -0.3 is 19.3 Å². The average molecular weight is 711 g/mol. The molecule has 0 unspecified atom stereocenters. The summed E-state index contributed by atoms with van der Waals surface area (Å²) in [5.74, 6) is 0.0938. The Bertz CT molecular complexity index is 1910. The maximum absolute atomic E-state index is 13.8. The van der Waals surface area contributed by atoms with Crippen LogP contribution in [-0.2, 0) is 21.8 Å². The van der Waals surface area contributed by atoms with Crippen LogP contribution in [0.25, 0.3) is 5.76 Å². The molecule has 0 radical (unpaired) electrons. The minimum Gasteiger partial charge on any atom is -0.507 e. The van der Waals surface area contributed by atoms with Crippen molar-refractivity contribution in [3.8, 4) is 17.2 Å². The van der Waals surface area contributed by atoms with E-state index in [0.717, 1.165) is 28.2 Å². The van der Waals surface area contributed by atoms with Crippen LogP contribution in [0.4, 0.5) is 5.13 Å². The number of aromatic nitrogens is 2. The predicted octanol–water partition coefficient (Wildman–Crippen LogP) is 8.05. The highest BCUT2D eigenvalue weighted by molar-refractivity contribution is 8.00. The number of aliphatic hydroxyl groups is 1. The number of hydrogen-bond acceptors (Lipinski definition) is 10. The number of ether oxygens (including phenoxy) is 3. The number of carbonyl (C=O) groups is 2. The van der Waals surface area contributed by atoms with Crippen LogP contribution < -0.4 is 19.1 Å². The molecular weight excluding hydrogens is 681 g/mol. The second-order valence-electron chi connectivity index (χ2n) is 10.7. The van der Waals surface area contributed by atoms with Crippen LogP contribution >= 0.6 is 46.3 Å². The molecule has 1 N–H and O–H groups in total. The lowest BCUT2D eigenvalue weighted by Gasteiger charge is -2.23. The monoisotopic (exact) mass is 709 g/mol. The van der Waals surface area contributed by atoms with Crippen molar-refractivity contribution in [2.24, 2.45) is 0 Å². The number of carbonyl (C=O) groups excluding carboxylic acids is 2. The fourth-order valence-electron chi connectivity index (χ4n) is 5.44. The second-order valence-corrected chi connectivity index (χ2v) is 13.8. The number of thioether (sulfide) groups is 1. The van der Waals surface area contributed by atoms with Crippen LogP contribution in [0.3, 0.4) is 0 Å². The fourth-order valence-corrected chi connectivity index (χ4v) is 7.86. The van der Waals surface area contributed by atoms with Crippen LogP contribution in [0.1, 0.15) is 42.1 Å². The lowest BCUT2D eigenvalue weighted by Crippen LogP contribution is -2.29. The van der Waals surface area contributed by atoms with Gasteiger partial charge in [-0.3, -0.25) is 14.5 Å². The van der Waals surface area contributed by atoms with Crippen molar-refractivity contribution in [2.45, 2.75) is 42.5 Å². The van der Waals surface area contributed by atoms with E-state index in [4.69, 9.17) is 37.4 Å². The van der Waals surface area contributed by atoms with Crippen LogP contribution in [0.2, 0.25) is 10.0 Å². The number of ketones is 1. The molecule has 13 heteroatoms. The highest BCUT2D eigenvalue weighted by Gasteiger charge is 2.48. The summed E-state index contributed by atoms with van der Waals surface area (Å²) < 4.78 is 18.0. The Kier molecular flexibility index (Phi) is 9.79. The highest BCUT2D eigenvalue weighted by Crippen LogP contribution is 2.46. The van der Waals surface area contributed by atoms with Crippen molar-refractivity contribution < 1.29 is 28.9 Å². The van der Waals surface area contributed by atoms with Crippen LogP contribution in [0.5, 0.6) is 17.2 Å². The summed E-state index contributed by atoms with van der Waals surface area (Å²) in [6.07, 6.45) is 2.27. The molecule has 2 aliphatic heterocycles. The van der Waals surface area contributed by atoms with Crippen molar-refractivity contribution >= 4 is 68.9 Å². The van der Waals surface area contributed by atoms with Gasteiger partial charge in [-0.2, -0.15) is 0 Å². The van der Waals surface area contributed by atoms with Gasteiger partial charge in [0, 0.05) is 27.8 Å². The topological polar surface area (TPSA) is 111 Å². The summed E-state index contributed by atoms with van der Waals surface area (Å²) in [6, 6.07) is 14.6. The molecule has 1 fully saturated rings. The maximum atomic E-state index is 13.8. The molecule has 6 rings (SSSR count). The van der Waals surface area contributed by atoms with Gasteiger partial charge in [-0.05, 0) is 73.0 Å². The first-order valence-electron chi connectivity index (χ1n) is 14.7. The zero-order chi connectivity index (χ0) is 33.2. The first kappa shape index (κ1) is 32.9. The van der Waals surface area contributed by atoms with Gasteiger partial charge in [-0.25, -0.2) is 0 Å². The van der Waals surface area contributed by atoms with E-state index < -0.39 is 17.7 Å². The third kappa shape index (κ3) is 6.71. The third-order valence-corrected chi connectivity index (χ3v) is 10.2. The summed E-state index contributed by atoms with van der Waals surface area (Å²) >= 11 is 14.9. The standard InChI is InChI=1S/C34H29Cl2N3O6S2/c1-4-12-44-26-11-7-19(15-27(26)43-5-2)29-28(30(40)20-8-10-25-22(14-20)13-18(3)45-25)31(41)32(42)39(29)33-37-38-34(47-33)46-17-21-6-9-23(35)16-24(21)36/h4,6-11,14-16,18,29,40H,1,5,12-13,17H2,2-3H3/t18-,29+/m0/s1. The number of halogens is 2. The first-order valence-corrected chi connectivity index (χ1v) is 17.3. The number of amides is 1. The van der Waals surface area contributed by atoms with Crippen molar-refractivity contribution in [1.29, 1.82) is 0 Å². The minimum atomic E-state index is -1.04. The summed E-state index contributed by atoms with van der Waals surface area (Å²) in [5, 5.41) is 21.6. The summed E-state index contributed by atoms with van der Waals surface area (Å²) in [4.78, 5) is 28.9. The molecule has 0 spiro atoms. The number of aliphatic hydroxyl groups excluding tert-OH is 1.